The highest BCUT2D eigenvalue weighted by molar-refractivity contribution is 7.80. The average molecular weight is 179 g/mol. The van der Waals surface area contributed by atoms with E-state index >= 15 is 0 Å². The Morgan fingerprint density at radius 1 is 1.58 bits per heavy atom. The molecular weight excluding hydrogens is 174 g/mol. The van der Waals surface area contributed by atoms with Crippen molar-refractivity contribution in [3.05, 3.63) is 33.9 Å². The van der Waals surface area contributed by atoms with Gasteiger partial charge in [-0.15, -0.1) is 19.1 Å². The van der Waals surface area contributed by atoms with Gasteiger partial charge in [0.2, 0.25) is 0 Å². The number of nitro benzene ring substituents is 1. The maximum Gasteiger partial charge on any atom is 0.286 e. The lowest BCUT2D eigenvalue weighted by Gasteiger charge is -1.95. The molecule has 0 radical (unpaired) electrons. The summed E-state index contributed by atoms with van der Waals surface area (Å²) in [4.78, 5) is 10.4. The topological polar surface area (TPSA) is 43.1 Å². The monoisotopic (exact) mass is 179 g/mol. The van der Waals surface area contributed by atoms with E-state index in [4.69, 9.17) is 6.42 Å². The maximum atomic E-state index is 10.4. The lowest BCUT2D eigenvalue weighted by molar-refractivity contribution is -0.385. The Balaban J connectivity index is 3.34. The molecule has 1 aromatic carbocycles. The lowest BCUT2D eigenvalue weighted by atomic mass is 10.2. The highest BCUT2D eigenvalue weighted by atomic mass is 32.1. The largest absolute Gasteiger partial charge is 0.286 e. The SMILES string of the molecule is C#Cc1ccc(S)cc1[N+](=O)[O-]. The Kier molecular flexibility index (Phi) is 2.36. The van der Waals surface area contributed by atoms with Gasteiger partial charge in [0.25, 0.3) is 5.69 Å². The minimum atomic E-state index is -0.519. The average Bonchev–Trinajstić information content (AvgIpc) is 2.04. The maximum absolute atomic E-state index is 10.4. The first-order valence-corrected chi connectivity index (χ1v) is 3.54. The van der Waals surface area contributed by atoms with Crippen LogP contribution in [0.1, 0.15) is 5.56 Å². The van der Waals surface area contributed by atoms with Gasteiger partial charge < -0.3 is 0 Å². The molecule has 0 N–H and O–H groups in total. The summed E-state index contributed by atoms with van der Waals surface area (Å²) >= 11 is 3.96. The van der Waals surface area contributed by atoms with Gasteiger partial charge in [0.15, 0.2) is 0 Å². The van der Waals surface area contributed by atoms with E-state index in [2.05, 4.69) is 18.5 Å². The minimum Gasteiger partial charge on any atom is -0.258 e. The zero-order chi connectivity index (χ0) is 9.14. The molecule has 0 fully saturated rings. The van der Waals surface area contributed by atoms with Gasteiger partial charge in [-0.2, -0.15) is 0 Å². The molecule has 4 heteroatoms. The van der Waals surface area contributed by atoms with E-state index in [-0.39, 0.29) is 11.3 Å². The van der Waals surface area contributed by atoms with Gasteiger partial charge in [0.1, 0.15) is 5.56 Å². The van der Waals surface area contributed by atoms with E-state index in [0.29, 0.717) is 4.90 Å². The van der Waals surface area contributed by atoms with Crippen molar-refractivity contribution in [3.63, 3.8) is 0 Å². The number of thiol groups is 1. The summed E-state index contributed by atoms with van der Waals surface area (Å²) in [5, 5.41) is 10.4. The molecule has 1 aromatic rings. The van der Waals surface area contributed by atoms with Crippen LogP contribution in [0.15, 0.2) is 23.1 Å². The van der Waals surface area contributed by atoms with Crippen LogP contribution in [-0.4, -0.2) is 4.92 Å². The molecule has 0 aliphatic carbocycles. The predicted octanol–water partition coefficient (Wildman–Crippen LogP) is 1.86. The number of hydrogen-bond acceptors (Lipinski definition) is 3. The van der Waals surface area contributed by atoms with Crippen molar-refractivity contribution >= 4 is 18.3 Å². The van der Waals surface area contributed by atoms with Crippen LogP contribution in [0.3, 0.4) is 0 Å². The summed E-state index contributed by atoms with van der Waals surface area (Å²) in [5.41, 5.74) is 0.197. The molecule has 0 saturated carbocycles. The van der Waals surface area contributed by atoms with Crippen LogP contribution in [0.2, 0.25) is 0 Å². The van der Waals surface area contributed by atoms with E-state index in [1.165, 1.54) is 12.1 Å². The summed E-state index contributed by atoms with van der Waals surface area (Å²) in [7, 11) is 0. The summed E-state index contributed by atoms with van der Waals surface area (Å²) in [5.74, 6) is 2.23. The second-order valence-electron chi connectivity index (χ2n) is 2.10. The number of nitro groups is 1. The summed E-state index contributed by atoms with van der Waals surface area (Å²) < 4.78 is 0. The first-order valence-electron chi connectivity index (χ1n) is 3.09. The van der Waals surface area contributed by atoms with Gasteiger partial charge in [-0.05, 0) is 12.1 Å². The van der Waals surface area contributed by atoms with Gasteiger partial charge in [0.05, 0.1) is 4.92 Å². The molecule has 3 nitrogen and oxygen atoms in total. The van der Waals surface area contributed by atoms with Crippen LogP contribution in [0, 0.1) is 22.5 Å². The molecule has 60 valence electrons. The van der Waals surface area contributed by atoms with E-state index in [9.17, 15) is 10.1 Å². The number of terminal acetylenes is 1. The van der Waals surface area contributed by atoms with E-state index < -0.39 is 4.92 Å². The van der Waals surface area contributed by atoms with Crippen LogP contribution >= 0.6 is 12.6 Å². The molecule has 0 atom stereocenters. The van der Waals surface area contributed by atoms with Gasteiger partial charge in [-0.25, -0.2) is 0 Å². The Morgan fingerprint density at radius 3 is 2.75 bits per heavy atom. The number of nitrogens with zero attached hydrogens (tertiary/aromatic N) is 1. The third kappa shape index (κ3) is 1.57. The molecule has 12 heavy (non-hydrogen) atoms. The zero-order valence-corrected chi connectivity index (χ0v) is 6.91. The fourth-order valence-corrected chi connectivity index (χ4v) is 0.990. The number of hydrogen-bond donors (Lipinski definition) is 1. The van der Waals surface area contributed by atoms with E-state index in [0.717, 1.165) is 0 Å². The lowest BCUT2D eigenvalue weighted by Crippen LogP contribution is -1.91. The second kappa shape index (κ2) is 3.28. The van der Waals surface area contributed by atoms with Gasteiger partial charge >= 0.3 is 0 Å². The van der Waals surface area contributed by atoms with Crippen LogP contribution in [-0.2, 0) is 0 Å². The zero-order valence-electron chi connectivity index (χ0n) is 6.02. The Morgan fingerprint density at radius 2 is 2.25 bits per heavy atom. The van der Waals surface area contributed by atoms with Gasteiger partial charge in [0, 0.05) is 11.0 Å². The normalized spacial score (nSPS) is 9.00. The smallest absolute Gasteiger partial charge is 0.258 e. The van der Waals surface area contributed by atoms with Crippen molar-refractivity contribution in [2.45, 2.75) is 4.90 Å². The van der Waals surface area contributed by atoms with Crippen LogP contribution < -0.4 is 0 Å². The molecule has 0 amide bonds. The van der Waals surface area contributed by atoms with Crippen LogP contribution in [0.5, 0.6) is 0 Å². The van der Waals surface area contributed by atoms with Crippen molar-refractivity contribution in [1.82, 2.24) is 0 Å². The second-order valence-corrected chi connectivity index (χ2v) is 2.62. The Hall–Kier alpha value is -1.47. The third-order valence-electron chi connectivity index (χ3n) is 1.33. The summed E-state index contributed by atoms with van der Waals surface area (Å²) in [6, 6.07) is 4.45. The minimum absolute atomic E-state index is 0.0787. The molecule has 0 unspecified atom stereocenters. The highest BCUT2D eigenvalue weighted by Gasteiger charge is 2.11. The number of benzene rings is 1. The molecule has 0 heterocycles. The molecule has 0 aliphatic rings. The molecular formula is C8H5NO2S. The first kappa shape index (κ1) is 8.62. The van der Waals surface area contributed by atoms with Crippen molar-refractivity contribution in [3.8, 4) is 12.3 Å². The Bertz CT molecular complexity index is 368. The molecule has 0 spiro atoms. The summed E-state index contributed by atoms with van der Waals surface area (Å²) in [6.45, 7) is 0. The fraction of sp³-hybridized carbons (Fsp3) is 0. The van der Waals surface area contributed by atoms with Crippen molar-refractivity contribution in [1.29, 1.82) is 0 Å². The fourth-order valence-electron chi connectivity index (χ4n) is 0.793. The Labute approximate surface area is 75.0 Å². The molecule has 0 aromatic heterocycles. The van der Waals surface area contributed by atoms with Crippen molar-refractivity contribution in [2.75, 3.05) is 0 Å². The molecule has 1 rings (SSSR count). The highest BCUT2D eigenvalue weighted by Crippen LogP contribution is 2.20. The molecule has 0 saturated heterocycles. The third-order valence-corrected chi connectivity index (χ3v) is 1.61. The molecule has 0 bridgehead atoms. The quantitative estimate of drug-likeness (QED) is 0.309. The van der Waals surface area contributed by atoms with Gasteiger partial charge in [-0.3, -0.25) is 10.1 Å². The number of rotatable bonds is 1. The molecule has 0 aliphatic heterocycles. The van der Waals surface area contributed by atoms with Crippen LogP contribution in [0.25, 0.3) is 0 Å². The first-order chi connectivity index (χ1) is 5.65. The van der Waals surface area contributed by atoms with E-state index in [1.54, 1.807) is 6.07 Å². The van der Waals surface area contributed by atoms with Gasteiger partial charge in [-0.1, -0.05) is 5.92 Å². The van der Waals surface area contributed by atoms with Crippen molar-refractivity contribution in [2.24, 2.45) is 0 Å². The summed E-state index contributed by atoms with van der Waals surface area (Å²) in [6.07, 6.45) is 5.06. The predicted molar refractivity (Wildman–Crippen MR) is 48.3 cm³/mol. The van der Waals surface area contributed by atoms with E-state index in [1.807, 2.05) is 0 Å². The van der Waals surface area contributed by atoms with Crippen molar-refractivity contribution < 1.29 is 4.92 Å². The van der Waals surface area contributed by atoms with Crippen LogP contribution in [0.4, 0.5) is 5.69 Å². The standard InChI is InChI=1S/C8H5NO2S/c1-2-6-3-4-7(12)5-8(6)9(10)11/h1,3-5,12H.